The fourth-order valence-electron chi connectivity index (χ4n) is 2.82. The minimum absolute atomic E-state index is 0.257. The number of nitrogens with one attached hydrogen (secondary N) is 1. The van der Waals surface area contributed by atoms with Crippen LogP contribution in [0, 0.1) is 5.41 Å². The zero-order valence-corrected chi connectivity index (χ0v) is 12.1. The van der Waals surface area contributed by atoms with Crippen LogP contribution in [-0.2, 0) is 11.3 Å². The molecule has 3 unspecified atom stereocenters. The number of hydrogen-bond acceptors (Lipinski definition) is 2. The minimum Gasteiger partial charge on any atom is -0.373 e. The van der Waals surface area contributed by atoms with Gasteiger partial charge in [-0.1, -0.05) is 37.6 Å². The molecule has 2 rings (SSSR count). The lowest BCUT2D eigenvalue weighted by molar-refractivity contribution is -0.134. The summed E-state index contributed by atoms with van der Waals surface area (Å²) in [6.07, 6.45) is 2.58. The van der Waals surface area contributed by atoms with Crippen LogP contribution < -0.4 is 5.32 Å². The second-order valence-electron chi connectivity index (χ2n) is 5.37. The molecule has 1 saturated carbocycles. The van der Waals surface area contributed by atoms with Gasteiger partial charge in [-0.05, 0) is 37.6 Å². The van der Waals surface area contributed by atoms with Crippen molar-refractivity contribution < 1.29 is 4.74 Å². The first-order chi connectivity index (χ1) is 8.60. The van der Waals surface area contributed by atoms with Gasteiger partial charge in [-0.25, -0.2) is 0 Å². The van der Waals surface area contributed by atoms with E-state index in [1.165, 1.54) is 0 Å². The molecule has 0 radical (unpaired) electrons. The lowest BCUT2D eigenvalue weighted by atomic mass is 9.61. The van der Waals surface area contributed by atoms with Crippen molar-refractivity contribution in [3.05, 3.63) is 34.9 Å². The van der Waals surface area contributed by atoms with E-state index in [1.807, 2.05) is 25.2 Å². The van der Waals surface area contributed by atoms with E-state index >= 15 is 0 Å². The second kappa shape index (κ2) is 5.60. The van der Waals surface area contributed by atoms with Crippen LogP contribution in [0.3, 0.4) is 0 Å². The van der Waals surface area contributed by atoms with E-state index < -0.39 is 0 Å². The number of ether oxygens (including phenoxy) is 1. The van der Waals surface area contributed by atoms with Crippen molar-refractivity contribution >= 4 is 11.6 Å². The standard InChI is InChI=1S/C15H22ClNO/c1-4-15(2)13(17-3)9-14(15)18-10-11-6-5-7-12(16)8-11/h5-8,13-14,17H,4,9-10H2,1-3H3. The van der Waals surface area contributed by atoms with E-state index in [0.717, 1.165) is 23.4 Å². The van der Waals surface area contributed by atoms with Gasteiger partial charge >= 0.3 is 0 Å². The van der Waals surface area contributed by atoms with Gasteiger partial charge in [-0.2, -0.15) is 0 Å². The molecule has 0 spiro atoms. The topological polar surface area (TPSA) is 21.3 Å². The van der Waals surface area contributed by atoms with Crippen LogP contribution >= 0.6 is 11.6 Å². The van der Waals surface area contributed by atoms with E-state index in [0.29, 0.717) is 18.8 Å². The zero-order chi connectivity index (χ0) is 13.2. The summed E-state index contributed by atoms with van der Waals surface area (Å²) in [7, 11) is 2.03. The summed E-state index contributed by atoms with van der Waals surface area (Å²) in [5, 5.41) is 4.15. The van der Waals surface area contributed by atoms with Crippen LogP contribution in [0.4, 0.5) is 0 Å². The Hall–Kier alpha value is -0.570. The lowest BCUT2D eigenvalue weighted by Crippen LogP contribution is -2.61. The normalized spacial score (nSPS) is 31.1. The lowest BCUT2D eigenvalue weighted by Gasteiger charge is -2.53. The third-order valence-corrected chi connectivity index (χ3v) is 4.67. The van der Waals surface area contributed by atoms with Crippen LogP contribution in [0.25, 0.3) is 0 Å². The van der Waals surface area contributed by atoms with Gasteiger partial charge in [-0.3, -0.25) is 0 Å². The van der Waals surface area contributed by atoms with Crippen molar-refractivity contribution in [3.8, 4) is 0 Å². The Bertz CT molecular complexity index is 409. The third-order valence-electron chi connectivity index (χ3n) is 4.43. The highest BCUT2D eigenvalue weighted by molar-refractivity contribution is 6.30. The molecule has 100 valence electrons. The highest BCUT2D eigenvalue weighted by Gasteiger charge is 2.50. The highest BCUT2D eigenvalue weighted by Crippen LogP contribution is 2.45. The molecule has 3 heteroatoms. The molecule has 0 heterocycles. The summed E-state index contributed by atoms with van der Waals surface area (Å²) in [6, 6.07) is 8.47. The van der Waals surface area contributed by atoms with Crippen molar-refractivity contribution in [1.29, 1.82) is 0 Å². The van der Waals surface area contributed by atoms with Crippen molar-refractivity contribution in [1.82, 2.24) is 5.32 Å². The molecule has 0 aromatic heterocycles. The van der Waals surface area contributed by atoms with Gasteiger partial charge in [0.15, 0.2) is 0 Å². The second-order valence-corrected chi connectivity index (χ2v) is 5.80. The summed E-state index contributed by atoms with van der Waals surface area (Å²) >= 11 is 5.97. The largest absolute Gasteiger partial charge is 0.373 e. The quantitative estimate of drug-likeness (QED) is 0.880. The van der Waals surface area contributed by atoms with Crippen molar-refractivity contribution in [2.24, 2.45) is 5.41 Å². The van der Waals surface area contributed by atoms with Crippen molar-refractivity contribution in [2.45, 2.75) is 45.4 Å². The molecule has 18 heavy (non-hydrogen) atoms. The first kappa shape index (κ1) is 13.9. The fraction of sp³-hybridized carbons (Fsp3) is 0.600. The van der Waals surface area contributed by atoms with Gasteiger partial charge in [0.1, 0.15) is 0 Å². The molecule has 1 fully saturated rings. The summed E-state index contributed by atoms with van der Waals surface area (Å²) in [6.45, 7) is 5.19. The van der Waals surface area contributed by atoms with Gasteiger partial charge in [-0.15, -0.1) is 0 Å². The first-order valence-corrected chi connectivity index (χ1v) is 7.01. The fourth-order valence-corrected chi connectivity index (χ4v) is 3.03. The molecule has 3 atom stereocenters. The molecule has 0 saturated heterocycles. The van der Waals surface area contributed by atoms with Crippen molar-refractivity contribution in [2.75, 3.05) is 7.05 Å². The van der Waals surface area contributed by atoms with Crippen LogP contribution in [0.1, 0.15) is 32.3 Å². The molecule has 1 aromatic rings. The van der Waals surface area contributed by atoms with E-state index in [2.05, 4.69) is 25.2 Å². The number of benzene rings is 1. The Balaban J connectivity index is 1.92. The average molecular weight is 268 g/mol. The maximum absolute atomic E-state index is 6.06. The molecular formula is C15H22ClNO. The predicted octanol–water partition coefficient (Wildman–Crippen LogP) is 3.63. The summed E-state index contributed by atoms with van der Waals surface area (Å²) in [5.74, 6) is 0. The summed E-state index contributed by atoms with van der Waals surface area (Å²) in [5.41, 5.74) is 1.40. The number of rotatable bonds is 5. The Morgan fingerprint density at radius 2 is 2.28 bits per heavy atom. The Labute approximate surface area is 115 Å². The van der Waals surface area contributed by atoms with E-state index in [1.54, 1.807) is 0 Å². The van der Waals surface area contributed by atoms with Crippen molar-refractivity contribution in [3.63, 3.8) is 0 Å². The van der Waals surface area contributed by atoms with Crippen LogP contribution in [0.2, 0.25) is 5.02 Å². The molecule has 0 bridgehead atoms. The summed E-state index contributed by atoms with van der Waals surface area (Å²) < 4.78 is 6.06. The predicted molar refractivity (Wildman–Crippen MR) is 75.9 cm³/mol. The number of hydrogen-bond donors (Lipinski definition) is 1. The number of halogens is 1. The van der Waals surface area contributed by atoms with Crippen LogP contribution in [0.15, 0.2) is 24.3 Å². The molecule has 2 nitrogen and oxygen atoms in total. The average Bonchev–Trinajstić information content (AvgIpc) is 2.36. The van der Waals surface area contributed by atoms with Gasteiger partial charge in [0.25, 0.3) is 0 Å². The molecule has 0 aliphatic heterocycles. The molecular weight excluding hydrogens is 246 g/mol. The van der Waals surface area contributed by atoms with Gasteiger partial charge < -0.3 is 10.1 Å². The minimum atomic E-state index is 0.257. The molecule has 1 aromatic carbocycles. The first-order valence-electron chi connectivity index (χ1n) is 6.63. The van der Waals surface area contributed by atoms with Gasteiger partial charge in [0.05, 0.1) is 12.7 Å². The smallest absolute Gasteiger partial charge is 0.0721 e. The monoisotopic (exact) mass is 267 g/mol. The van der Waals surface area contributed by atoms with Crippen LogP contribution in [-0.4, -0.2) is 19.2 Å². The Morgan fingerprint density at radius 1 is 1.50 bits per heavy atom. The molecule has 1 aliphatic rings. The molecule has 0 amide bonds. The zero-order valence-electron chi connectivity index (χ0n) is 11.4. The van der Waals surface area contributed by atoms with E-state index in [-0.39, 0.29) is 5.41 Å². The van der Waals surface area contributed by atoms with Crippen LogP contribution in [0.5, 0.6) is 0 Å². The molecule has 1 N–H and O–H groups in total. The maximum Gasteiger partial charge on any atom is 0.0721 e. The Morgan fingerprint density at radius 3 is 2.89 bits per heavy atom. The summed E-state index contributed by atoms with van der Waals surface area (Å²) in [4.78, 5) is 0. The van der Waals surface area contributed by atoms with E-state index in [4.69, 9.17) is 16.3 Å². The van der Waals surface area contributed by atoms with Gasteiger partial charge in [0.2, 0.25) is 0 Å². The van der Waals surface area contributed by atoms with Gasteiger partial charge in [0, 0.05) is 16.5 Å². The van der Waals surface area contributed by atoms with E-state index in [9.17, 15) is 0 Å². The SMILES string of the molecule is CCC1(C)C(NC)CC1OCc1cccc(Cl)c1. The molecule has 1 aliphatic carbocycles. The highest BCUT2D eigenvalue weighted by atomic mass is 35.5. The Kier molecular flexibility index (Phi) is 4.31. The third kappa shape index (κ3) is 2.56. The maximum atomic E-state index is 6.06.